The number of nitrogens with zero attached hydrogens (tertiary/aromatic N) is 3. The van der Waals surface area contributed by atoms with Crippen LogP contribution in [0.5, 0.6) is 5.75 Å². The number of esters is 1. The lowest BCUT2D eigenvalue weighted by Gasteiger charge is -2.25. The van der Waals surface area contributed by atoms with Crippen molar-refractivity contribution in [2.45, 2.75) is 58.6 Å². The van der Waals surface area contributed by atoms with Crippen LogP contribution >= 0.6 is 12.4 Å². The second-order valence-corrected chi connectivity index (χ2v) is 10.6. The normalized spacial score (nSPS) is 12.0. The summed E-state index contributed by atoms with van der Waals surface area (Å²) in [6.07, 6.45) is 1.48. The highest BCUT2D eigenvalue weighted by molar-refractivity contribution is 5.95. The molecule has 0 spiro atoms. The first-order valence-corrected chi connectivity index (χ1v) is 13.5. The van der Waals surface area contributed by atoms with E-state index < -0.39 is 29.3 Å². The quantitative estimate of drug-likeness (QED) is 0.192. The zero-order valence-corrected chi connectivity index (χ0v) is 25.4. The van der Waals surface area contributed by atoms with Crippen LogP contribution in [0.3, 0.4) is 0 Å². The maximum atomic E-state index is 15.0. The summed E-state index contributed by atoms with van der Waals surface area (Å²) in [5, 5.41) is 6.69. The van der Waals surface area contributed by atoms with E-state index in [0.717, 1.165) is 5.56 Å². The van der Waals surface area contributed by atoms with Gasteiger partial charge < -0.3 is 29.5 Å². The number of hydrogen-bond donors (Lipinski definition) is 2. The Bertz CT molecular complexity index is 1540. The van der Waals surface area contributed by atoms with E-state index in [2.05, 4.69) is 20.4 Å². The SMILES string of the molecule is CCC(Oc1ccc(-c2noc(C(C)C)n2)cc1)c1nc(-c2ccc(C(=O)NC(C)(C)COC(=O)CN)c(F)c2)co1.Cl. The fraction of sp³-hybridized carbons (Fsp3) is 0.367. The first-order chi connectivity index (χ1) is 20.0. The lowest BCUT2D eigenvalue weighted by atomic mass is 10.0. The number of halogens is 2. The van der Waals surface area contributed by atoms with E-state index in [9.17, 15) is 14.0 Å². The van der Waals surface area contributed by atoms with Crippen molar-refractivity contribution in [1.29, 1.82) is 0 Å². The number of carbonyl (C=O) groups is 2. The van der Waals surface area contributed by atoms with Crippen molar-refractivity contribution in [1.82, 2.24) is 20.4 Å². The molecule has 4 aromatic rings. The van der Waals surface area contributed by atoms with Gasteiger partial charge >= 0.3 is 5.97 Å². The van der Waals surface area contributed by atoms with Crippen molar-refractivity contribution in [2.24, 2.45) is 5.73 Å². The molecule has 11 nitrogen and oxygen atoms in total. The summed E-state index contributed by atoms with van der Waals surface area (Å²) in [4.78, 5) is 32.9. The Balaban J connectivity index is 0.00000506. The standard InChI is InChI=1S/C30H34FN5O6.ClH/c1-6-24(41-20-10-7-18(8-11-20)26-34-28(17(2)3)42-36-26)29-33-23(15-39-29)19-9-12-21(22(31)13-19)27(38)35-30(4,5)16-40-25(37)14-32;/h7-13,15,17,24H,6,14,16,32H2,1-5H3,(H,35,38);1H. The Hall–Kier alpha value is -4.29. The fourth-order valence-electron chi connectivity index (χ4n) is 3.90. The third-order valence-electron chi connectivity index (χ3n) is 6.22. The van der Waals surface area contributed by atoms with Gasteiger partial charge in [-0.25, -0.2) is 9.37 Å². The van der Waals surface area contributed by atoms with Crippen LogP contribution in [0.2, 0.25) is 0 Å². The smallest absolute Gasteiger partial charge is 0.319 e. The van der Waals surface area contributed by atoms with E-state index in [0.29, 0.717) is 41.0 Å². The minimum Gasteiger partial charge on any atom is -0.481 e. The monoisotopic (exact) mass is 615 g/mol. The number of carbonyl (C=O) groups excluding carboxylic acids is 2. The number of aromatic nitrogens is 3. The van der Waals surface area contributed by atoms with Crippen molar-refractivity contribution in [3.05, 3.63) is 71.9 Å². The van der Waals surface area contributed by atoms with Crippen LogP contribution in [0.4, 0.5) is 4.39 Å². The predicted molar refractivity (Wildman–Crippen MR) is 158 cm³/mol. The van der Waals surface area contributed by atoms with Gasteiger partial charge in [-0.2, -0.15) is 4.98 Å². The molecule has 0 aliphatic rings. The maximum Gasteiger partial charge on any atom is 0.319 e. The summed E-state index contributed by atoms with van der Waals surface area (Å²) >= 11 is 0. The molecule has 3 N–H and O–H groups in total. The molecule has 4 rings (SSSR count). The van der Waals surface area contributed by atoms with E-state index in [-0.39, 0.29) is 37.0 Å². The van der Waals surface area contributed by atoms with Gasteiger partial charge in [-0.15, -0.1) is 12.4 Å². The number of amides is 1. The highest BCUT2D eigenvalue weighted by atomic mass is 35.5. The molecule has 1 atom stereocenters. The summed E-state index contributed by atoms with van der Waals surface area (Å²) in [6.45, 7) is 8.80. The van der Waals surface area contributed by atoms with Gasteiger partial charge in [0.2, 0.25) is 17.6 Å². The highest BCUT2D eigenvalue weighted by Crippen LogP contribution is 2.29. The zero-order valence-electron chi connectivity index (χ0n) is 24.5. The molecule has 230 valence electrons. The minimum absolute atomic E-state index is 0. The van der Waals surface area contributed by atoms with Gasteiger partial charge in [0.1, 0.15) is 30.1 Å². The number of oxazole rings is 1. The Morgan fingerprint density at radius 2 is 1.77 bits per heavy atom. The van der Waals surface area contributed by atoms with Crippen LogP contribution in [-0.2, 0) is 9.53 Å². The highest BCUT2D eigenvalue weighted by Gasteiger charge is 2.25. The molecule has 2 heterocycles. The average Bonchev–Trinajstić information content (AvgIpc) is 3.66. The summed E-state index contributed by atoms with van der Waals surface area (Å²) in [5.74, 6) is 0.135. The Labute approximate surface area is 254 Å². The molecule has 43 heavy (non-hydrogen) atoms. The zero-order chi connectivity index (χ0) is 30.4. The third-order valence-corrected chi connectivity index (χ3v) is 6.22. The molecule has 0 aliphatic carbocycles. The number of rotatable bonds is 12. The van der Waals surface area contributed by atoms with Crippen molar-refractivity contribution in [2.75, 3.05) is 13.2 Å². The van der Waals surface area contributed by atoms with Crippen molar-refractivity contribution >= 4 is 24.3 Å². The van der Waals surface area contributed by atoms with Crippen LogP contribution in [-0.4, -0.2) is 45.7 Å². The number of hydrogen-bond acceptors (Lipinski definition) is 10. The number of nitrogens with one attached hydrogen (secondary N) is 1. The lowest BCUT2D eigenvalue weighted by Crippen LogP contribution is -2.48. The van der Waals surface area contributed by atoms with E-state index in [1.54, 1.807) is 32.0 Å². The van der Waals surface area contributed by atoms with Crippen LogP contribution in [0.1, 0.15) is 75.2 Å². The summed E-state index contributed by atoms with van der Waals surface area (Å²) in [5.41, 5.74) is 5.74. The molecule has 0 aliphatic heterocycles. The Kier molecular flexibility index (Phi) is 11.0. The molecule has 0 fully saturated rings. The topological polar surface area (TPSA) is 156 Å². The minimum atomic E-state index is -0.937. The molecule has 0 radical (unpaired) electrons. The fourth-order valence-corrected chi connectivity index (χ4v) is 3.90. The van der Waals surface area contributed by atoms with Gasteiger partial charge in [0, 0.05) is 17.0 Å². The van der Waals surface area contributed by atoms with Crippen LogP contribution < -0.4 is 15.8 Å². The Morgan fingerprint density at radius 3 is 2.37 bits per heavy atom. The van der Waals surface area contributed by atoms with Crippen LogP contribution in [0, 0.1) is 5.82 Å². The van der Waals surface area contributed by atoms with E-state index in [1.165, 1.54) is 18.4 Å². The molecular formula is C30H35ClFN5O6. The van der Waals surface area contributed by atoms with Gasteiger partial charge in [-0.05, 0) is 56.7 Å². The van der Waals surface area contributed by atoms with Crippen molar-refractivity contribution < 1.29 is 32.4 Å². The van der Waals surface area contributed by atoms with E-state index >= 15 is 0 Å². The lowest BCUT2D eigenvalue weighted by molar-refractivity contribution is -0.143. The summed E-state index contributed by atoms with van der Waals surface area (Å²) < 4.78 is 37.0. The number of nitrogens with two attached hydrogens (primary N) is 1. The second-order valence-electron chi connectivity index (χ2n) is 10.6. The van der Waals surface area contributed by atoms with Crippen molar-refractivity contribution in [3.8, 4) is 28.4 Å². The molecule has 2 aromatic carbocycles. The number of benzene rings is 2. The maximum absolute atomic E-state index is 15.0. The van der Waals surface area contributed by atoms with Gasteiger partial charge in [0.25, 0.3) is 5.91 Å². The summed E-state index contributed by atoms with van der Waals surface area (Å²) in [6, 6.07) is 11.4. The molecule has 0 saturated heterocycles. The third kappa shape index (κ3) is 8.39. The molecule has 1 unspecified atom stereocenters. The van der Waals surface area contributed by atoms with E-state index in [4.69, 9.17) is 24.1 Å². The van der Waals surface area contributed by atoms with Gasteiger partial charge in [0.15, 0.2) is 6.10 Å². The van der Waals surface area contributed by atoms with E-state index in [1.807, 2.05) is 32.9 Å². The molecular weight excluding hydrogens is 581 g/mol. The van der Waals surface area contributed by atoms with Gasteiger partial charge in [-0.3, -0.25) is 9.59 Å². The predicted octanol–water partition coefficient (Wildman–Crippen LogP) is 5.62. The van der Waals surface area contributed by atoms with Crippen LogP contribution in [0.15, 0.2) is 57.7 Å². The molecule has 0 bridgehead atoms. The largest absolute Gasteiger partial charge is 0.481 e. The van der Waals surface area contributed by atoms with Gasteiger partial charge in [0.05, 0.1) is 17.6 Å². The first kappa shape index (κ1) is 33.2. The van der Waals surface area contributed by atoms with Crippen LogP contribution in [0.25, 0.3) is 22.6 Å². The molecule has 2 aromatic heterocycles. The summed E-state index contributed by atoms with van der Waals surface area (Å²) in [7, 11) is 0. The van der Waals surface area contributed by atoms with Gasteiger partial charge in [-0.1, -0.05) is 32.0 Å². The van der Waals surface area contributed by atoms with Crippen molar-refractivity contribution in [3.63, 3.8) is 0 Å². The second kappa shape index (κ2) is 14.3. The number of ether oxygens (including phenoxy) is 2. The Morgan fingerprint density at radius 1 is 1.07 bits per heavy atom. The molecule has 0 saturated carbocycles. The molecule has 13 heteroatoms. The molecule has 1 amide bonds. The average molecular weight is 616 g/mol. The first-order valence-electron chi connectivity index (χ1n) is 13.5.